The van der Waals surface area contributed by atoms with Gasteiger partial charge in [-0.3, -0.25) is 0 Å². The van der Waals surface area contributed by atoms with Crippen LogP contribution in [0.1, 0.15) is 30.0 Å². The molecule has 1 aromatic rings. The van der Waals surface area contributed by atoms with E-state index in [4.69, 9.17) is 10.5 Å². The summed E-state index contributed by atoms with van der Waals surface area (Å²) in [6.45, 7) is 5.58. The summed E-state index contributed by atoms with van der Waals surface area (Å²) in [4.78, 5) is 2.49. The average molecular weight is 199 g/mol. The minimum absolute atomic E-state index is 0.350. The molecule has 0 aliphatic heterocycles. The van der Waals surface area contributed by atoms with Crippen molar-refractivity contribution in [2.24, 2.45) is 5.73 Å². The van der Waals surface area contributed by atoms with E-state index >= 15 is 0 Å². The van der Waals surface area contributed by atoms with Crippen molar-refractivity contribution in [1.82, 2.24) is 0 Å². The Morgan fingerprint density at radius 1 is 1.46 bits per heavy atom. The summed E-state index contributed by atoms with van der Waals surface area (Å²) in [6.07, 6.45) is 1.41. The highest BCUT2D eigenvalue weighted by Crippen LogP contribution is 2.17. The largest absolute Gasteiger partial charge is 0.373 e. The third-order valence-electron chi connectivity index (χ3n) is 2.00. The molecule has 0 saturated heterocycles. The molecule has 0 fully saturated rings. The summed E-state index contributed by atoms with van der Waals surface area (Å²) < 4.78 is 5.60. The molecule has 0 saturated carbocycles. The van der Waals surface area contributed by atoms with Gasteiger partial charge in [0, 0.05) is 16.3 Å². The quantitative estimate of drug-likeness (QED) is 0.791. The number of hydrogen-bond acceptors (Lipinski definition) is 3. The Morgan fingerprint density at radius 3 is 2.69 bits per heavy atom. The fourth-order valence-electron chi connectivity index (χ4n) is 0.952. The normalized spacial score (nSPS) is 13.2. The molecule has 0 aromatic carbocycles. The minimum Gasteiger partial charge on any atom is -0.373 e. The summed E-state index contributed by atoms with van der Waals surface area (Å²) in [5.41, 5.74) is 5.51. The first-order valence-corrected chi connectivity index (χ1v) is 5.47. The highest BCUT2D eigenvalue weighted by Gasteiger charge is 2.01. The van der Waals surface area contributed by atoms with E-state index in [9.17, 15) is 0 Å². The number of ether oxygens (including phenoxy) is 1. The van der Waals surface area contributed by atoms with Gasteiger partial charge in [0.2, 0.25) is 0 Å². The van der Waals surface area contributed by atoms with Gasteiger partial charge in [-0.15, -0.1) is 11.3 Å². The fraction of sp³-hybridized carbons (Fsp3) is 0.600. The van der Waals surface area contributed by atoms with Gasteiger partial charge in [0.1, 0.15) is 0 Å². The highest BCUT2D eigenvalue weighted by atomic mass is 32.1. The molecule has 0 aliphatic rings. The summed E-state index contributed by atoms with van der Waals surface area (Å²) in [7, 11) is 0. The monoisotopic (exact) mass is 199 g/mol. The van der Waals surface area contributed by atoms with Crippen molar-refractivity contribution >= 4 is 11.3 Å². The second-order valence-corrected chi connectivity index (χ2v) is 4.35. The average Bonchev–Trinajstić information content (AvgIpc) is 2.61. The molecule has 0 bridgehead atoms. The van der Waals surface area contributed by atoms with Gasteiger partial charge in [-0.1, -0.05) is 6.92 Å². The summed E-state index contributed by atoms with van der Waals surface area (Å²) in [5.74, 6) is 0. The van der Waals surface area contributed by atoms with Crippen LogP contribution in [0, 0.1) is 0 Å². The van der Waals surface area contributed by atoms with Crippen LogP contribution in [0.15, 0.2) is 12.1 Å². The second kappa shape index (κ2) is 5.37. The Balaban J connectivity index is 2.36. The molecular formula is C10H17NOS. The lowest BCUT2D eigenvalue weighted by Gasteiger charge is -2.08. The first kappa shape index (κ1) is 10.7. The highest BCUT2D eigenvalue weighted by molar-refractivity contribution is 7.11. The van der Waals surface area contributed by atoms with Crippen molar-refractivity contribution in [1.29, 1.82) is 0 Å². The molecule has 1 unspecified atom stereocenters. The molecule has 2 N–H and O–H groups in total. The molecular weight excluding hydrogens is 182 g/mol. The third-order valence-corrected chi connectivity index (χ3v) is 3.08. The van der Waals surface area contributed by atoms with Gasteiger partial charge in [-0.25, -0.2) is 0 Å². The zero-order chi connectivity index (χ0) is 9.68. The van der Waals surface area contributed by atoms with Crippen LogP contribution in [0.2, 0.25) is 0 Å². The Labute approximate surface area is 83.7 Å². The Bertz CT molecular complexity index is 247. The lowest BCUT2D eigenvalue weighted by molar-refractivity contribution is 0.0525. The topological polar surface area (TPSA) is 35.2 Å². The lowest BCUT2D eigenvalue weighted by Crippen LogP contribution is -2.05. The molecule has 3 heteroatoms. The van der Waals surface area contributed by atoms with Crippen molar-refractivity contribution < 1.29 is 4.74 Å². The van der Waals surface area contributed by atoms with Crippen LogP contribution in [-0.4, -0.2) is 6.10 Å². The smallest absolute Gasteiger partial charge is 0.0813 e. The predicted molar refractivity (Wildman–Crippen MR) is 56.8 cm³/mol. The molecule has 1 aromatic heterocycles. The fourth-order valence-corrected chi connectivity index (χ4v) is 1.77. The van der Waals surface area contributed by atoms with Crippen molar-refractivity contribution in [2.45, 2.75) is 39.5 Å². The van der Waals surface area contributed by atoms with Gasteiger partial charge < -0.3 is 10.5 Å². The van der Waals surface area contributed by atoms with Gasteiger partial charge in [-0.2, -0.15) is 0 Å². The Hall–Kier alpha value is -0.380. The summed E-state index contributed by atoms with van der Waals surface area (Å²) >= 11 is 1.74. The van der Waals surface area contributed by atoms with Gasteiger partial charge in [0.25, 0.3) is 0 Å². The standard InChI is InChI=1S/C10H17NOS/c1-3-8(2)12-7-10-5-4-9(6-11)13-10/h4-5,8H,3,6-7,11H2,1-2H3. The van der Waals surface area contributed by atoms with Crippen molar-refractivity contribution in [3.05, 3.63) is 21.9 Å². The first-order chi connectivity index (χ1) is 6.26. The summed E-state index contributed by atoms with van der Waals surface area (Å²) in [6, 6.07) is 4.16. The SMILES string of the molecule is CCC(C)OCc1ccc(CN)s1. The third kappa shape index (κ3) is 3.46. The van der Waals surface area contributed by atoms with Gasteiger partial charge >= 0.3 is 0 Å². The number of thiophene rings is 1. The molecule has 1 rings (SSSR count). The van der Waals surface area contributed by atoms with Crippen molar-refractivity contribution in [3.8, 4) is 0 Å². The van der Waals surface area contributed by atoms with Crippen molar-refractivity contribution in [3.63, 3.8) is 0 Å². The van der Waals surface area contributed by atoms with Crippen LogP contribution in [0.3, 0.4) is 0 Å². The van der Waals surface area contributed by atoms with E-state index in [2.05, 4.69) is 26.0 Å². The van der Waals surface area contributed by atoms with E-state index in [1.165, 1.54) is 9.75 Å². The molecule has 74 valence electrons. The molecule has 1 heterocycles. The Kier molecular flexibility index (Phi) is 4.42. The minimum atomic E-state index is 0.350. The predicted octanol–water partition coefficient (Wildman–Crippen LogP) is 2.52. The number of nitrogens with two attached hydrogens (primary N) is 1. The van der Waals surface area contributed by atoms with Crippen molar-refractivity contribution in [2.75, 3.05) is 0 Å². The van der Waals surface area contributed by atoms with Gasteiger partial charge in [-0.05, 0) is 25.5 Å². The molecule has 1 atom stereocenters. The van der Waals surface area contributed by atoms with E-state index < -0.39 is 0 Å². The van der Waals surface area contributed by atoms with Gasteiger partial charge in [0.05, 0.1) is 12.7 Å². The van der Waals surface area contributed by atoms with Crippen LogP contribution in [0.5, 0.6) is 0 Å². The first-order valence-electron chi connectivity index (χ1n) is 4.65. The maximum Gasteiger partial charge on any atom is 0.0813 e. The van der Waals surface area contributed by atoms with Crippen LogP contribution in [-0.2, 0) is 17.9 Å². The molecule has 0 aliphatic carbocycles. The van der Waals surface area contributed by atoms with Crippen LogP contribution in [0.4, 0.5) is 0 Å². The van der Waals surface area contributed by atoms with Gasteiger partial charge in [0.15, 0.2) is 0 Å². The molecule has 0 radical (unpaired) electrons. The lowest BCUT2D eigenvalue weighted by atomic mass is 10.3. The summed E-state index contributed by atoms with van der Waals surface area (Å²) in [5, 5.41) is 0. The molecule has 2 nitrogen and oxygen atoms in total. The zero-order valence-corrected chi connectivity index (χ0v) is 9.06. The van der Waals surface area contributed by atoms with E-state index in [0.717, 1.165) is 13.0 Å². The second-order valence-electron chi connectivity index (χ2n) is 3.10. The maximum atomic E-state index is 5.60. The molecule has 0 amide bonds. The molecule has 0 spiro atoms. The van der Waals surface area contributed by atoms with E-state index in [1.54, 1.807) is 11.3 Å². The van der Waals surface area contributed by atoms with Crippen LogP contribution >= 0.6 is 11.3 Å². The van der Waals surface area contributed by atoms with E-state index in [-0.39, 0.29) is 0 Å². The van der Waals surface area contributed by atoms with Crippen LogP contribution < -0.4 is 5.73 Å². The van der Waals surface area contributed by atoms with Crippen LogP contribution in [0.25, 0.3) is 0 Å². The number of hydrogen-bond donors (Lipinski definition) is 1. The zero-order valence-electron chi connectivity index (χ0n) is 8.25. The molecule has 13 heavy (non-hydrogen) atoms. The van der Waals surface area contributed by atoms with E-state index in [0.29, 0.717) is 12.6 Å². The maximum absolute atomic E-state index is 5.60. The number of rotatable bonds is 5. The van der Waals surface area contributed by atoms with E-state index in [1.807, 2.05) is 0 Å². The Morgan fingerprint density at radius 2 is 2.15 bits per heavy atom.